The van der Waals surface area contributed by atoms with Crippen molar-refractivity contribution in [3.05, 3.63) is 0 Å². The van der Waals surface area contributed by atoms with Crippen LogP contribution in [0, 0.1) is 0 Å². The highest BCUT2D eigenvalue weighted by molar-refractivity contribution is 7.91. The monoisotopic (exact) mass is 262 g/mol. The predicted molar refractivity (Wildman–Crippen MR) is 72.1 cm³/mol. The zero-order valence-electron chi connectivity index (χ0n) is 11.1. The van der Waals surface area contributed by atoms with Crippen molar-refractivity contribution in [2.24, 2.45) is 0 Å². The van der Waals surface area contributed by atoms with Crippen LogP contribution in [0.4, 0.5) is 0 Å². The fraction of sp³-hybridized carbons (Fsp3) is 1.00. The van der Waals surface area contributed by atoms with E-state index in [-0.39, 0.29) is 5.75 Å². The van der Waals surface area contributed by atoms with Gasteiger partial charge in [-0.15, -0.1) is 0 Å². The lowest BCUT2D eigenvalue weighted by molar-refractivity contribution is 0.207. The summed E-state index contributed by atoms with van der Waals surface area (Å²) >= 11 is 0. The molecule has 5 heteroatoms. The maximum Gasteiger partial charge on any atom is 0.151 e. The van der Waals surface area contributed by atoms with Crippen LogP contribution in [0.1, 0.15) is 33.1 Å². The van der Waals surface area contributed by atoms with Gasteiger partial charge in [0.15, 0.2) is 9.84 Å². The fourth-order valence-corrected chi connectivity index (χ4v) is 2.95. The van der Waals surface area contributed by atoms with Crippen LogP contribution in [0.15, 0.2) is 0 Å². The molecular weight excluding hydrogens is 236 g/mol. The molecule has 1 saturated heterocycles. The molecule has 0 aromatic heterocycles. The van der Waals surface area contributed by atoms with Crippen molar-refractivity contribution in [3.8, 4) is 0 Å². The highest BCUT2D eigenvalue weighted by Crippen LogP contribution is 2.10. The van der Waals surface area contributed by atoms with Gasteiger partial charge in [0, 0.05) is 18.3 Å². The molecular formula is C12H26N2O2S. The zero-order valence-corrected chi connectivity index (χ0v) is 11.9. The molecule has 1 N–H and O–H groups in total. The highest BCUT2D eigenvalue weighted by atomic mass is 32.2. The number of likely N-dealkylation sites (tertiary alicyclic amines) is 1. The summed E-state index contributed by atoms with van der Waals surface area (Å²) in [5, 5.41) is 3.53. The minimum Gasteiger partial charge on any atom is -0.314 e. The molecule has 17 heavy (non-hydrogen) atoms. The van der Waals surface area contributed by atoms with Gasteiger partial charge in [-0.25, -0.2) is 8.42 Å². The molecule has 0 bridgehead atoms. The van der Waals surface area contributed by atoms with E-state index >= 15 is 0 Å². The van der Waals surface area contributed by atoms with Crippen molar-refractivity contribution < 1.29 is 8.42 Å². The smallest absolute Gasteiger partial charge is 0.151 e. The molecule has 1 aliphatic heterocycles. The Kier molecular flexibility index (Phi) is 6.44. The van der Waals surface area contributed by atoms with Gasteiger partial charge in [-0.1, -0.05) is 13.8 Å². The Hall–Kier alpha value is -0.130. The third kappa shape index (κ3) is 5.84. The molecule has 0 aliphatic carbocycles. The van der Waals surface area contributed by atoms with Gasteiger partial charge in [0.25, 0.3) is 0 Å². The first kappa shape index (κ1) is 14.9. The van der Waals surface area contributed by atoms with Crippen molar-refractivity contribution >= 4 is 9.84 Å². The van der Waals surface area contributed by atoms with Crippen LogP contribution >= 0.6 is 0 Å². The molecule has 0 aromatic carbocycles. The third-order valence-electron chi connectivity index (χ3n) is 3.43. The average Bonchev–Trinajstić information content (AvgIpc) is 2.35. The Bertz CT molecular complexity index is 296. The van der Waals surface area contributed by atoms with E-state index in [1.54, 1.807) is 6.92 Å². The van der Waals surface area contributed by atoms with E-state index in [0.717, 1.165) is 32.5 Å². The van der Waals surface area contributed by atoms with Gasteiger partial charge < -0.3 is 10.2 Å². The molecule has 4 nitrogen and oxygen atoms in total. The van der Waals surface area contributed by atoms with Gasteiger partial charge in [0.05, 0.1) is 5.75 Å². The zero-order chi connectivity index (χ0) is 12.7. The second-order valence-corrected chi connectivity index (χ2v) is 7.28. The van der Waals surface area contributed by atoms with E-state index in [9.17, 15) is 8.42 Å². The van der Waals surface area contributed by atoms with Crippen LogP contribution in [-0.2, 0) is 9.84 Å². The molecule has 1 fully saturated rings. The van der Waals surface area contributed by atoms with E-state index in [0.29, 0.717) is 18.3 Å². The average molecular weight is 262 g/mol. The summed E-state index contributed by atoms with van der Waals surface area (Å²) < 4.78 is 22.8. The summed E-state index contributed by atoms with van der Waals surface area (Å²) in [6, 6.07) is 0.633. The molecule has 0 unspecified atom stereocenters. The maximum atomic E-state index is 11.4. The fourth-order valence-electron chi connectivity index (χ4n) is 2.12. The second-order valence-electron chi connectivity index (χ2n) is 4.81. The summed E-state index contributed by atoms with van der Waals surface area (Å²) in [5.41, 5.74) is 0. The molecule has 0 saturated carbocycles. The predicted octanol–water partition coefficient (Wildman–Crippen LogP) is 0.885. The molecule has 0 aromatic rings. The van der Waals surface area contributed by atoms with Crippen LogP contribution in [0.3, 0.4) is 0 Å². The van der Waals surface area contributed by atoms with Gasteiger partial charge in [-0.05, 0) is 38.9 Å². The first-order chi connectivity index (χ1) is 8.07. The lowest BCUT2D eigenvalue weighted by Gasteiger charge is -2.32. The summed E-state index contributed by atoms with van der Waals surface area (Å²) in [4.78, 5) is 2.28. The van der Waals surface area contributed by atoms with Crippen molar-refractivity contribution in [3.63, 3.8) is 0 Å². The van der Waals surface area contributed by atoms with E-state index in [1.807, 2.05) is 0 Å². The van der Waals surface area contributed by atoms with E-state index in [1.165, 1.54) is 6.42 Å². The van der Waals surface area contributed by atoms with E-state index in [4.69, 9.17) is 0 Å². The van der Waals surface area contributed by atoms with Gasteiger partial charge >= 0.3 is 0 Å². The van der Waals surface area contributed by atoms with Crippen molar-refractivity contribution in [1.82, 2.24) is 10.2 Å². The molecule has 1 heterocycles. The number of sulfone groups is 1. The number of hydrogen-bond acceptors (Lipinski definition) is 4. The Balaban J connectivity index is 2.19. The SMILES string of the molecule is CCCNC1CCN(CCS(=O)(=O)CC)CC1. The molecule has 1 aliphatic rings. The van der Waals surface area contributed by atoms with Crippen LogP contribution in [-0.4, -0.2) is 57.0 Å². The molecule has 0 spiro atoms. The molecule has 0 amide bonds. The molecule has 0 atom stereocenters. The molecule has 0 radical (unpaired) electrons. The van der Waals surface area contributed by atoms with Crippen LogP contribution in [0.2, 0.25) is 0 Å². The molecule has 102 valence electrons. The Labute approximate surface area is 106 Å². The number of nitrogens with zero attached hydrogens (tertiary/aromatic N) is 1. The normalized spacial score (nSPS) is 19.6. The molecule has 1 rings (SSSR count). The van der Waals surface area contributed by atoms with E-state index in [2.05, 4.69) is 17.1 Å². The topological polar surface area (TPSA) is 49.4 Å². The first-order valence-electron chi connectivity index (χ1n) is 6.73. The van der Waals surface area contributed by atoms with Crippen molar-refractivity contribution in [1.29, 1.82) is 0 Å². The summed E-state index contributed by atoms with van der Waals surface area (Å²) in [7, 11) is -2.80. The number of rotatable bonds is 7. The third-order valence-corrected chi connectivity index (χ3v) is 5.11. The second kappa shape index (κ2) is 7.34. The van der Waals surface area contributed by atoms with Crippen LogP contribution in [0.25, 0.3) is 0 Å². The standard InChI is InChI=1S/C12H26N2O2S/c1-3-7-13-12-5-8-14(9-6-12)10-11-17(15,16)4-2/h12-13H,3-11H2,1-2H3. The summed E-state index contributed by atoms with van der Waals surface area (Å²) in [5.74, 6) is 0.581. The first-order valence-corrected chi connectivity index (χ1v) is 8.55. The van der Waals surface area contributed by atoms with Crippen LogP contribution < -0.4 is 5.32 Å². The lowest BCUT2D eigenvalue weighted by Crippen LogP contribution is -2.44. The summed E-state index contributed by atoms with van der Waals surface area (Å²) in [6.07, 6.45) is 3.47. The Morgan fingerprint density at radius 2 is 1.88 bits per heavy atom. The van der Waals surface area contributed by atoms with E-state index < -0.39 is 9.84 Å². The maximum absolute atomic E-state index is 11.4. The van der Waals surface area contributed by atoms with Gasteiger partial charge in [0.2, 0.25) is 0 Å². The Morgan fingerprint density at radius 3 is 2.41 bits per heavy atom. The number of nitrogens with one attached hydrogen (secondary N) is 1. The minimum absolute atomic E-state index is 0.265. The van der Waals surface area contributed by atoms with Crippen molar-refractivity contribution in [2.45, 2.75) is 39.2 Å². The van der Waals surface area contributed by atoms with Gasteiger partial charge in [-0.3, -0.25) is 0 Å². The van der Waals surface area contributed by atoms with Gasteiger partial charge in [-0.2, -0.15) is 0 Å². The highest BCUT2D eigenvalue weighted by Gasteiger charge is 2.19. The van der Waals surface area contributed by atoms with Crippen LogP contribution in [0.5, 0.6) is 0 Å². The minimum atomic E-state index is -2.80. The lowest BCUT2D eigenvalue weighted by atomic mass is 10.1. The number of piperidine rings is 1. The quantitative estimate of drug-likeness (QED) is 0.740. The summed E-state index contributed by atoms with van der Waals surface area (Å²) in [6.45, 7) is 7.75. The largest absolute Gasteiger partial charge is 0.314 e. The Morgan fingerprint density at radius 1 is 1.24 bits per heavy atom. The number of hydrogen-bond donors (Lipinski definition) is 1. The van der Waals surface area contributed by atoms with Crippen molar-refractivity contribution in [2.75, 3.05) is 37.7 Å². The van der Waals surface area contributed by atoms with Gasteiger partial charge in [0.1, 0.15) is 0 Å².